The number of anilines is 1. The lowest BCUT2D eigenvalue weighted by Crippen LogP contribution is -2.40. The van der Waals surface area contributed by atoms with Crippen molar-refractivity contribution in [2.75, 3.05) is 25.5 Å². The summed E-state index contributed by atoms with van der Waals surface area (Å²) in [5.74, 6) is -0.696. The van der Waals surface area contributed by atoms with Gasteiger partial charge in [-0.3, -0.25) is 9.88 Å². The summed E-state index contributed by atoms with van der Waals surface area (Å²) in [5.41, 5.74) is -1.68. The third-order valence-electron chi connectivity index (χ3n) is 3.36. The highest BCUT2D eigenvalue weighted by Crippen LogP contribution is 2.37. The molecule has 26 heavy (non-hydrogen) atoms. The Bertz CT molecular complexity index is 821. The van der Waals surface area contributed by atoms with Gasteiger partial charge in [0.05, 0.1) is 17.6 Å². The number of carbonyl (C=O) groups is 1. The van der Waals surface area contributed by atoms with Crippen molar-refractivity contribution in [1.29, 1.82) is 0 Å². The van der Waals surface area contributed by atoms with Crippen LogP contribution in [0.25, 0.3) is 11.3 Å². The zero-order valence-electron chi connectivity index (χ0n) is 14.1. The maximum atomic E-state index is 13.6. The second kappa shape index (κ2) is 7.51. The minimum Gasteiger partial charge on any atom is -0.330 e. The van der Waals surface area contributed by atoms with Crippen LogP contribution in [0.5, 0.6) is 0 Å². The molecule has 0 radical (unpaired) electrons. The quantitative estimate of drug-likeness (QED) is 0.606. The van der Waals surface area contributed by atoms with E-state index >= 15 is 0 Å². The number of pyridine rings is 2. The summed E-state index contributed by atoms with van der Waals surface area (Å²) in [7, 11) is 2.85. The fraction of sp³-hybridized carbons (Fsp3) is 0.235. The van der Waals surface area contributed by atoms with Crippen molar-refractivity contribution in [3.05, 3.63) is 54.8 Å². The highest BCUT2D eigenvalue weighted by Gasteiger charge is 2.38. The molecule has 0 unspecified atom stereocenters. The molecule has 0 aliphatic rings. The van der Waals surface area contributed by atoms with E-state index in [1.165, 1.54) is 32.4 Å². The van der Waals surface area contributed by atoms with Gasteiger partial charge in [-0.1, -0.05) is 6.08 Å². The fourth-order valence-corrected chi connectivity index (χ4v) is 2.24. The van der Waals surface area contributed by atoms with E-state index in [4.69, 9.17) is 0 Å². The number of urea groups is 1. The highest BCUT2D eigenvalue weighted by molar-refractivity contribution is 5.93. The molecule has 138 valence electrons. The van der Waals surface area contributed by atoms with Crippen LogP contribution in [0.15, 0.2) is 43.2 Å². The zero-order chi connectivity index (χ0) is 19.5. The standard InChI is InChI=1S/C17H16F4N4O/c1-4-7-25(16(26)24(2)3)14-6-5-13(23-15(14)17(19,20)21)11-8-12(18)10-22-9-11/h4-6,8-10H,1,7H2,2-3H3. The highest BCUT2D eigenvalue weighted by atomic mass is 19.4. The van der Waals surface area contributed by atoms with Crippen LogP contribution in [-0.2, 0) is 6.18 Å². The summed E-state index contributed by atoms with van der Waals surface area (Å²) >= 11 is 0. The largest absolute Gasteiger partial charge is 0.435 e. The Kier molecular flexibility index (Phi) is 5.59. The van der Waals surface area contributed by atoms with Gasteiger partial charge in [0, 0.05) is 32.4 Å². The molecule has 2 heterocycles. The number of alkyl halides is 3. The molecule has 0 atom stereocenters. The molecule has 0 aromatic carbocycles. The van der Waals surface area contributed by atoms with E-state index in [1.807, 2.05) is 0 Å². The van der Waals surface area contributed by atoms with E-state index in [9.17, 15) is 22.4 Å². The van der Waals surface area contributed by atoms with Gasteiger partial charge >= 0.3 is 12.2 Å². The molecule has 5 nitrogen and oxygen atoms in total. The average molecular weight is 368 g/mol. The van der Waals surface area contributed by atoms with Gasteiger partial charge in [0.15, 0.2) is 5.69 Å². The summed E-state index contributed by atoms with van der Waals surface area (Å²) in [4.78, 5) is 21.6. The van der Waals surface area contributed by atoms with Crippen LogP contribution in [0, 0.1) is 5.82 Å². The normalized spacial score (nSPS) is 11.2. The van der Waals surface area contributed by atoms with Crippen molar-refractivity contribution in [1.82, 2.24) is 14.9 Å². The first-order valence-corrected chi connectivity index (χ1v) is 7.44. The van der Waals surface area contributed by atoms with Crippen LogP contribution in [-0.4, -0.2) is 41.5 Å². The molecule has 2 aromatic heterocycles. The molecule has 0 N–H and O–H groups in total. The van der Waals surface area contributed by atoms with Crippen LogP contribution >= 0.6 is 0 Å². The van der Waals surface area contributed by atoms with Gasteiger partial charge in [-0.05, 0) is 18.2 Å². The Morgan fingerprint density at radius 3 is 2.50 bits per heavy atom. The van der Waals surface area contributed by atoms with Crippen LogP contribution in [0.4, 0.5) is 28.0 Å². The van der Waals surface area contributed by atoms with Gasteiger partial charge in [-0.25, -0.2) is 14.2 Å². The van der Waals surface area contributed by atoms with Gasteiger partial charge in [-0.15, -0.1) is 6.58 Å². The van der Waals surface area contributed by atoms with Crippen LogP contribution < -0.4 is 4.90 Å². The average Bonchev–Trinajstić information content (AvgIpc) is 2.58. The molecule has 0 bridgehead atoms. The molecule has 2 aromatic rings. The summed E-state index contributed by atoms with van der Waals surface area (Å²) < 4.78 is 54.0. The number of aromatic nitrogens is 2. The van der Waals surface area contributed by atoms with Gasteiger partial charge < -0.3 is 4.90 Å². The molecular formula is C17H16F4N4O. The minimum absolute atomic E-state index is 0.0938. The van der Waals surface area contributed by atoms with Gasteiger partial charge in [0.25, 0.3) is 0 Å². The molecule has 0 spiro atoms. The lowest BCUT2D eigenvalue weighted by molar-refractivity contribution is -0.140. The lowest BCUT2D eigenvalue weighted by Gasteiger charge is -2.27. The number of halogens is 4. The van der Waals surface area contributed by atoms with Gasteiger partial charge in [0.2, 0.25) is 0 Å². The second-order valence-electron chi connectivity index (χ2n) is 5.53. The van der Waals surface area contributed by atoms with Crippen molar-refractivity contribution < 1.29 is 22.4 Å². The number of nitrogens with zero attached hydrogens (tertiary/aromatic N) is 4. The Hall–Kier alpha value is -2.97. The van der Waals surface area contributed by atoms with Crippen LogP contribution in [0.3, 0.4) is 0 Å². The Balaban J connectivity index is 2.63. The third kappa shape index (κ3) is 4.16. The van der Waals surface area contributed by atoms with Crippen LogP contribution in [0.1, 0.15) is 5.69 Å². The van der Waals surface area contributed by atoms with Crippen molar-refractivity contribution >= 4 is 11.7 Å². The first kappa shape index (κ1) is 19.4. The smallest absolute Gasteiger partial charge is 0.330 e. The van der Waals surface area contributed by atoms with Crippen LogP contribution in [0.2, 0.25) is 0 Å². The molecular weight excluding hydrogens is 352 g/mol. The maximum Gasteiger partial charge on any atom is 0.435 e. The lowest BCUT2D eigenvalue weighted by atomic mass is 10.1. The molecule has 2 rings (SSSR count). The van der Waals surface area contributed by atoms with E-state index in [2.05, 4.69) is 16.5 Å². The first-order valence-electron chi connectivity index (χ1n) is 7.44. The maximum absolute atomic E-state index is 13.6. The zero-order valence-corrected chi connectivity index (χ0v) is 14.1. The number of rotatable bonds is 4. The minimum atomic E-state index is -4.82. The SMILES string of the molecule is C=CCN(C(=O)N(C)C)c1ccc(-c2cncc(F)c2)nc1C(F)(F)F. The Labute approximate surface area is 147 Å². The topological polar surface area (TPSA) is 49.3 Å². The van der Waals surface area contributed by atoms with Gasteiger partial charge in [0.1, 0.15) is 5.82 Å². The molecule has 2 amide bonds. The Morgan fingerprint density at radius 2 is 1.96 bits per heavy atom. The first-order chi connectivity index (χ1) is 12.1. The molecule has 0 aliphatic carbocycles. The third-order valence-corrected chi connectivity index (χ3v) is 3.36. The summed E-state index contributed by atoms with van der Waals surface area (Å²) in [6, 6.07) is 2.78. The number of hydrogen-bond donors (Lipinski definition) is 0. The van der Waals surface area contributed by atoms with Gasteiger partial charge in [-0.2, -0.15) is 13.2 Å². The summed E-state index contributed by atoms with van der Waals surface area (Å²) in [6.45, 7) is 3.33. The summed E-state index contributed by atoms with van der Waals surface area (Å²) in [5, 5.41) is 0. The number of hydrogen-bond acceptors (Lipinski definition) is 3. The molecule has 0 aliphatic heterocycles. The monoisotopic (exact) mass is 368 g/mol. The molecule has 9 heteroatoms. The molecule has 0 fully saturated rings. The number of amides is 2. The second-order valence-corrected chi connectivity index (χ2v) is 5.53. The van der Waals surface area contributed by atoms with E-state index in [0.29, 0.717) is 0 Å². The molecule has 0 saturated carbocycles. The number of carbonyl (C=O) groups excluding carboxylic acids is 1. The summed E-state index contributed by atoms with van der Waals surface area (Å²) in [6.07, 6.45) is -1.37. The Morgan fingerprint density at radius 1 is 1.27 bits per heavy atom. The van der Waals surface area contributed by atoms with Crippen molar-refractivity contribution in [3.63, 3.8) is 0 Å². The van der Waals surface area contributed by atoms with Crippen molar-refractivity contribution in [2.24, 2.45) is 0 Å². The molecule has 0 saturated heterocycles. The predicted molar refractivity (Wildman–Crippen MR) is 89.1 cm³/mol. The van der Waals surface area contributed by atoms with Crippen molar-refractivity contribution in [2.45, 2.75) is 6.18 Å². The van der Waals surface area contributed by atoms with E-state index in [0.717, 1.165) is 28.1 Å². The predicted octanol–water partition coefficient (Wildman–Crippen LogP) is 3.98. The van der Waals surface area contributed by atoms with Crippen molar-refractivity contribution in [3.8, 4) is 11.3 Å². The van der Waals surface area contributed by atoms with E-state index in [-0.39, 0.29) is 17.8 Å². The fourth-order valence-electron chi connectivity index (χ4n) is 2.24. The van der Waals surface area contributed by atoms with E-state index in [1.54, 1.807) is 0 Å². The van der Waals surface area contributed by atoms with E-state index < -0.39 is 29.4 Å².